The van der Waals surface area contributed by atoms with Crippen molar-refractivity contribution < 1.29 is 9.53 Å². The Morgan fingerprint density at radius 2 is 2.25 bits per heavy atom. The molecular formula is C8H10N2O2. The summed E-state index contributed by atoms with van der Waals surface area (Å²) in [5.74, 6) is -0.384. The number of nitrogens with one attached hydrogen (secondary N) is 1. The Morgan fingerprint density at radius 3 is 2.75 bits per heavy atom. The number of carbonyl (C=O) groups is 1. The second kappa shape index (κ2) is 3.21. The number of hydrogen-bond acceptors (Lipinski definition) is 3. The van der Waals surface area contributed by atoms with Crippen LogP contribution >= 0.6 is 0 Å². The van der Waals surface area contributed by atoms with Crippen molar-refractivity contribution in [1.82, 2.24) is 4.57 Å². The molecule has 1 rings (SSSR count). The summed E-state index contributed by atoms with van der Waals surface area (Å²) in [4.78, 5) is 11.0. The first-order chi connectivity index (χ1) is 5.65. The second-order valence-electron chi connectivity index (χ2n) is 2.41. The molecule has 0 amide bonds. The molecule has 1 N–H and O–H groups in total. The van der Waals surface area contributed by atoms with Gasteiger partial charge >= 0.3 is 5.97 Å². The topological polar surface area (TPSA) is 55.1 Å². The molecular weight excluding hydrogens is 156 g/mol. The molecule has 0 spiro atoms. The predicted molar refractivity (Wildman–Crippen MR) is 42.6 cm³/mol. The molecule has 0 unspecified atom stereocenters. The van der Waals surface area contributed by atoms with Crippen LogP contribution in [0, 0.1) is 5.41 Å². The molecule has 0 aromatic carbocycles. The highest BCUT2D eigenvalue weighted by molar-refractivity contribution is 5.88. The highest BCUT2D eigenvalue weighted by atomic mass is 16.5. The zero-order valence-corrected chi connectivity index (χ0v) is 7.00. The molecule has 0 saturated carbocycles. The molecule has 0 bridgehead atoms. The number of aryl methyl sites for hydroxylation is 1. The first kappa shape index (κ1) is 8.52. The lowest BCUT2D eigenvalue weighted by Gasteiger charge is -2.01. The second-order valence-corrected chi connectivity index (χ2v) is 2.41. The Kier molecular flexibility index (Phi) is 2.28. The molecule has 0 fully saturated rings. The molecule has 0 aliphatic carbocycles. The minimum atomic E-state index is -0.384. The lowest BCUT2D eigenvalue weighted by Crippen LogP contribution is -2.17. The van der Waals surface area contributed by atoms with Crippen LogP contribution < -0.4 is 5.49 Å². The molecule has 0 aliphatic rings. The molecule has 4 heteroatoms. The van der Waals surface area contributed by atoms with E-state index >= 15 is 0 Å². The van der Waals surface area contributed by atoms with E-state index in [0.717, 1.165) is 0 Å². The minimum Gasteiger partial charge on any atom is -0.465 e. The Balaban J connectivity index is 3.13. The monoisotopic (exact) mass is 166 g/mol. The van der Waals surface area contributed by atoms with Gasteiger partial charge < -0.3 is 9.30 Å². The average Bonchev–Trinajstić information content (AvgIpc) is 2.08. The third-order valence-electron chi connectivity index (χ3n) is 1.55. The highest BCUT2D eigenvalue weighted by Crippen LogP contribution is 1.96. The summed E-state index contributed by atoms with van der Waals surface area (Å²) in [6.07, 6.45) is 1.56. The third kappa shape index (κ3) is 1.53. The van der Waals surface area contributed by atoms with E-state index in [2.05, 4.69) is 4.74 Å². The summed E-state index contributed by atoms with van der Waals surface area (Å²) in [6.45, 7) is 0. The van der Waals surface area contributed by atoms with E-state index < -0.39 is 0 Å². The van der Waals surface area contributed by atoms with Crippen molar-refractivity contribution in [2.24, 2.45) is 7.05 Å². The first-order valence-corrected chi connectivity index (χ1v) is 3.44. The third-order valence-corrected chi connectivity index (χ3v) is 1.55. The van der Waals surface area contributed by atoms with Gasteiger partial charge in [0, 0.05) is 13.2 Å². The summed E-state index contributed by atoms with van der Waals surface area (Å²) < 4.78 is 6.07. The van der Waals surface area contributed by atoms with Gasteiger partial charge in [-0.2, -0.15) is 0 Å². The van der Waals surface area contributed by atoms with Crippen LogP contribution in [-0.4, -0.2) is 17.6 Å². The van der Waals surface area contributed by atoms with E-state index in [0.29, 0.717) is 11.1 Å². The smallest absolute Gasteiger partial charge is 0.339 e. The number of pyridine rings is 1. The molecule has 1 aromatic heterocycles. The largest absolute Gasteiger partial charge is 0.465 e. The van der Waals surface area contributed by atoms with E-state index in [9.17, 15) is 4.79 Å². The molecule has 0 saturated heterocycles. The molecule has 64 valence electrons. The predicted octanol–water partition coefficient (Wildman–Crippen LogP) is 0.291. The minimum absolute atomic E-state index is 0.350. The lowest BCUT2D eigenvalue weighted by molar-refractivity contribution is 0.0599. The van der Waals surface area contributed by atoms with Crippen LogP contribution in [-0.2, 0) is 11.8 Å². The lowest BCUT2D eigenvalue weighted by atomic mass is 10.3. The van der Waals surface area contributed by atoms with E-state index in [1.807, 2.05) is 0 Å². The summed E-state index contributed by atoms with van der Waals surface area (Å²) in [6, 6.07) is 3.11. The van der Waals surface area contributed by atoms with Gasteiger partial charge in [-0.05, 0) is 12.1 Å². The fourth-order valence-corrected chi connectivity index (χ4v) is 0.846. The van der Waals surface area contributed by atoms with Gasteiger partial charge in [-0.3, -0.25) is 5.41 Å². The van der Waals surface area contributed by atoms with Gasteiger partial charge in [0.05, 0.1) is 12.7 Å². The quantitative estimate of drug-likeness (QED) is 0.610. The van der Waals surface area contributed by atoms with Crippen LogP contribution in [0.1, 0.15) is 10.4 Å². The molecule has 0 atom stereocenters. The van der Waals surface area contributed by atoms with Crippen LogP contribution in [0.25, 0.3) is 0 Å². The SMILES string of the molecule is COC(=O)c1ccc(=N)n(C)c1. The number of esters is 1. The number of carbonyl (C=O) groups excluding carboxylic acids is 1. The van der Waals surface area contributed by atoms with Crippen molar-refractivity contribution in [3.05, 3.63) is 29.4 Å². The van der Waals surface area contributed by atoms with Crippen molar-refractivity contribution in [3.63, 3.8) is 0 Å². The maximum Gasteiger partial charge on any atom is 0.339 e. The number of rotatable bonds is 1. The van der Waals surface area contributed by atoms with Crippen LogP contribution in [0.4, 0.5) is 0 Å². The van der Waals surface area contributed by atoms with Gasteiger partial charge in [0.2, 0.25) is 0 Å². The highest BCUT2D eigenvalue weighted by Gasteiger charge is 2.03. The van der Waals surface area contributed by atoms with Gasteiger partial charge in [-0.25, -0.2) is 4.79 Å². The van der Waals surface area contributed by atoms with Gasteiger partial charge in [-0.15, -0.1) is 0 Å². The Hall–Kier alpha value is -1.58. The number of hydrogen-bond donors (Lipinski definition) is 1. The van der Waals surface area contributed by atoms with E-state index in [-0.39, 0.29) is 5.97 Å². The molecule has 1 aromatic rings. The normalized spacial score (nSPS) is 9.50. The average molecular weight is 166 g/mol. The van der Waals surface area contributed by atoms with Gasteiger partial charge in [0.15, 0.2) is 0 Å². The number of aromatic nitrogens is 1. The maximum absolute atomic E-state index is 11.0. The molecule has 0 aliphatic heterocycles. The summed E-state index contributed by atoms with van der Waals surface area (Å²) in [5.41, 5.74) is 0.804. The number of methoxy groups -OCH3 is 1. The molecule has 12 heavy (non-hydrogen) atoms. The van der Waals surface area contributed by atoms with Crippen molar-refractivity contribution >= 4 is 5.97 Å². The molecule has 1 heterocycles. The Morgan fingerprint density at radius 1 is 1.58 bits per heavy atom. The van der Waals surface area contributed by atoms with Crippen LogP contribution in [0.3, 0.4) is 0 Å². The summed E-state index contributed by atoms with van der Waals surface area (Å²) >= 11 is 0. The molecule has 0 radical (unpaired) electrons. The van der Waals surface area contributed by atoms with E-state index in [4.69, 9.17) is 5.41 Å². The van der Waals surface area contributed by atoms with Crippen LogP contribution in [0.15, 0.2) is 18.3 Å². The Bertz CT molecular complexity index is 354. The van der Waals surface area contributed by atoms with Gasteiger partial charge in [0.1, 0.15) is 5.49 Å². The fraction of sp³-hybridized carbons (Fsp3) is 0.250. The van der Waals surface area contributed by atoms with Gasteiger partial charge in [0.25, 0.3) is 0 Å². The maximum atomic E-state index is 11.0. The van der Waals surface area contributed by atoms with Gasteiger partial charge in [-0.1, -0.05) is 0 Å². The number of ether oxygens (including phenoxy) is 1. The first-order valence-electron chi connectivity index (χ1n) is 3.44. The standard InChI is InChI=1S/C8H10N2O2/c1-10-5-6(8(11)12-2)3-4-7(10)9/h3-5,9H,1-2H3. The van der Waals surface area contributed by atoms with Crippen molar-refractivity contribution in [2.75, 3.05) is 7.11 Å². The zero-order chi connectivity index (χ0) is 9.14. The van der Waals surface area contributed by atoms with Crippen molar-refractivity contribution in [1.29, 1.82) is 5.41 Å². The fourth-order valence-electron chi connectivity index (χ4n) is 0.846. The zero-order valence-electron chi connectivity index (χ0n) is 7.00. The van der Waals surface area contributed by atoms with Crippen LogP contribution in [0.2, 0.25) is 0 Å². The number of nitrogens with zero attached hydrogens (tertiary/aromatic N) is 1. The van der Waals surface area contributed by atoms with E-state index in [1.165, 1.54) is 7.11 Å². The van der Waals surface area contributed by atoms with Crippen molar-refractivity contribution in [3.8, 4) is 0 Å². The van der Waals surface area contributed by atoms with E-state index in [1.54, 1.807) is 29.9 Å². The molecule has 4 nitrogen and oxygen atoms in total. The van der Waals surface area contributed by atoms with Crippen LogP contribution in [0.5, 0.6) is 0 Å². The summed E-state index contributed by atoms with van der Waals surface area (Å²) in [5, 5.41) is 7.33. The summed E-state index contributed by atoms with van der Waals surface area (Å²) in [7, 11) is 3.03. The van der Waals surface area contributed by atoms with Crippen molar-refractivity contribution in [2.45, 2.75) is 0 Å². The Labute approximate surface area is 69.9 Å².